The molecule has 0 radical (unpaired) electrons. The number of aliphatic hydroxyl groups is 1. The summed E-state index contributed by atoms with van der Waals surface area (Å²) in [5.74, 6) is -2.38. The van der Waals surface area contributed by atoms with Crippen LogP contribution in [0.4, 0.5) is 26.3 Å². The summed E-state index contributed by atoms with van der Waals surface area (Å²) in [4.78, 5) is 26.0. The maximum absolute atomic E-state index is 13.4. The molecule has 1 aliphatic carbocycles. The Bertz CT molecular complexity index is 748. The van der Waals surface area contributed by atoms with Crippen LogP contribution in [0.15, 0.2) is 0 Å². The molecule has 5 nitrogen and oxygen atoms in total. The van der Waals surface area contributed by atoms with Gasteiger partial charge in [-0.1, -0.05) is 26.2 Å². The van der Waals surface area contributed by atoms with Crippen LogP contribution >= 0.6 is 0 Å². The van der Waals surface area contributed by atoms with Crippen LogP contribution in [0, 0.1) is 16.7 Å². The van der Waals surface area contributed by atoms with E-state index in [1.165, 1.54) is 13.8 Å². The molecule has 2 atom stereocenters. The van der Waals surface area contributed by atoms with E-state index >= 15 is 0 Å². The van der Waals surface area contributed by atoms with Crippen LogP contribution in [0.5, 0.6) is 0 Å². The third-order valence-corrected chi connectivity index (χ3v) is 6.93. The maximum atomic E-state index is 13.4. The molecule has 0 aromatic carbocycles. The molecule has 0 aromatic rings. The molecule has 1 fully saturated rings. The summed E-state index contributed by atoms with van der Waals surface area (Å²) >= 11 is 0. The predicted molar refractivity (Wildman–Crippen MR) is 121 cm³/mol. The minimum absolute atomic E-state index is 0.107. The van der Waals surface area contributed by atoms with Crippen molar-refractivity contribution in [3.8, 4) is 0 Å². The number of halogens is 6. The first-order valence-electron chi connectivity index (χ1n) is 12.3. The van der Waals surface area contributed by atoms with Crippen molar-refractivity contribution < 1.29 is 50.5 Å². The molecular weight excluding hydrogens is 494 g/mol. The van der Waals surface area contributed by atoms with Gasteiger partial charge in [0.1, 0.15) is 11.7 Å². The quantitative estimate of drug-likeness (QED) is 0.257. The van der Waals surface area contributed by atoms with E-state index in [1.807, 2.05) is 0 Å². The van der Waals surface area contributed by atoms with Gasteiger partial charge in [-0.3, -0.25) is 9.59 Å². The highest BCUT2D eigenvalue weighted by Crippen LogP contribution is 2.48. The summed E-state index contributed by atoms with van der Waals surface area (Å²) < 4.78 is 91.4. The Balaban J connectivity index is 3.26. The molecular formula is C25H40F6O5. The maximum Gasteiger partial charge on any atom is 0.426 e. The van der Waals surface area contributed by atoms with E-state index < -0.39 is 64.8 Å². The van der Waals surface area contributed by atoms with Crippen LogP contribution in [0.25, 0.3) is 0 Å². The molecule has 0 bridgehead atoms. The van der Waals surface area contributed by atoms with E-state index in [1.54, 1.807) is 34.6 Å². The molecule has 212 valence electrons. The Hall–Kier alpha value is -1.52. The van der Waals surface area contributed by atoms with E-state index in [0.29, 0.717) is 12.8 Å². The molecule has 1 saturated carbocycles. The number of carbonyl (C=O) groups is 2. The summed E-state index contributed by atoms with van der Waals surface area (Å²) in [7, 11) is 0. The van der Waals surface area contributed by atoms with Gasteiger partial charge in [0.25, 0.3) is 5.60 Å². The van der Waals surface area contributed by atoms with Gasteiger partial charge in [0.2, 0.25) is 0 Å². The zero-order chi connectivity index (χ0) is 28.4. The smallest absolute Gasteiger partial charge is 0.426 e. The minimum atomic E-state index is -6.02. The summed E-state index contributed by atoms with van der Waals surface area (Å²) in [5.41, 5.74) is -8.43. The van der Waals surface area contributed by atoms with Crippen molar-refractivity contribution in [1.29, 1.82) is 0 Å². The van der Waals surface area contributed by atoms with Crippen molar-refractivity contribution >= 4 is 11.9 Å². The fourth-order valence-electron chi connectivity index (χ4n) is 4.58. The number of hydrogen-bond acceptors (Lipinski definition) is 5. The SMILES string of the molecule is CCC(C)(CC(C)(C)C(=O)OC(CC(O)(C(F)(F)F)C(F)(F)F)C1CCCCC1)C(=O)OC(C)(C)C. The average molecular weight is 535 g/mol. The van der Waals surface area contributed by atoms with Gasteiger partial charge in [0.05, 0.1) is 10.8 Å². The summed E-state index contributed by atoms with van der Waals surface area (Å²) in [6, 6.07) is 0. The average Bonchev–Trinajstić information content (AvgIpc) is 2.70. The monoisotopic (exact) mass is 534 g/mol. The zero-order valence-corrected chi connectivity index (χ0v) is 22.2. The second-order valence-electron chi connectivity index (χ2n) is 11.9. The number of hydrogen-bond donors (Lipinski definition) is 1. The highest BCUT2D eigenvalue weighted by atomic mass is 19.4. The Morgan fingerprint density at radius 2 is 1.33 bits per heavy atom. The number of alkyl halides is 6. The molecule has 1 N–H and O–H groups in total. The standard InChI is InChI=1S/C25H40F6O5/c1-8-22(7,19(33)36-20(2,3)4)15-21(5,6)18(32)35-17(16-12-10-9-11-13-16)14-23(34,24(26,27)28)25(29,30)31/h16-17,34H,8-15H2,1-7H3. The molecule has 0 saturated heterocycles. The van der Waals surface area contributed by atoms with Crippen molar-refractivity contribution in [2.75, 3.05) is 0 Å². The van der Waals surface area contributed by atoms with E-state index in [-0.39, 0.29) is 25.7 Å². The van der Waals surface area contributed by atoms with Gasteiger partial charge in [-0.05, 0) is 73.1 Å². The van der Waals surface area contributed by atoms with E-state index in [4.69, 9.17) is 9.47 Å². The Labute approximate surface area is 209 Å². The minimum Gasteiger partial charge on any atom is -0.462 e. The van der Waals surface area contributed by atoms with Gasteiger partial charge in [-0.25, -0.2) is 0 Å². The molecule has 0 spiro atoms. The molecule has 1 aliphatic rings. The molecule has 0 aliphatic heterocycles. The molecule has 2 unspecified atom stereocenters. The lowest BCUT2D eigenvalue weighted by Crippen LogP contribution is -2.59. The zero-order valence-electron chi connectivity index (χ0n) is 22.2. The van der Waals surface area contributed by atoms with Crippen molar-refractivity contribution in [3.63, 3.8) is 0 Å². The second kappa shape index (κ2) is 11.1. The fourth-order valence-corrected chi connectivity index (χ4v) is 4.58. The van der Waals surface area contributed by atoms with Crippen LogP contribution in [-0.2, 0) is 19.1 Å². The third kappa shape index (κ3) is 7.99. The van der Waals surface area contributed by atoms with Crippen molar-refractivity contribution in [2.24, 2.45) is 16.7 Å². The predicted octanol–water partition coefficient (Wildman–Crippen LogP) is 6.90. The first-order chi connectivity index (χ1) is 16.0. The number of rotatable bonds is 9. The molecule has 1 rings (SSSR count). The van der Waals surface area contributed by atoms with Gasteiger partial charge in [-0.15, -0.1) is 0 Å². The van der Waals surface area contributed by atoms with Crippen LogP contribution in [0.2, 0.25) is 0 Å². The summed E-state index contributed by atoms with van der Waals surface area (Å²) in [5, 5.41) is 9.80. The first kappa shape index (κ1) is 32.5. The van der Waals surface area contributed by atoms with Crippen LogP contribution in [-0.4, -0.2) is 46.7 Å². The molecule has 11 heteroatoms. The van der Waals surface area contributed by atoms with E-state index in [9.17, 15) is 41.0 Å². The number of carbonyl (C=O) groups excluding carboxylic acids is 2. The lowest BCUT2D eigenvalue weighted by atomic mass is 9.72. The van der Waals surface area contributed by atoms with Crippen molar-refractivity contribution in [3.05, 3.63) is 0 Å². The lowest BCUT2D eigenvalue weighted by molar-refractivity contribution is -0.375. The Morgan fingerprint density at radius 3 is 1.72 bits per heavy atom. The molecule has 36 heavy (non-hydrogen) atoms. The number of ether oxygens (including phenoxy) is 2. The van der Waals surface area contributed by atoms with Crippen LogP contribution in [0.1, 0.15) is 99.8 Å². The van der Waals surface area contributed by atoms with Crippen molar-refractivity contribution in [2.45, 2.75) is 129 Å². The van der Waals surface area contributed by atoms with E-state index in [0.717, 1.165) is 6.42 Å². The number of esters is 2. The van der Waals surface area contributed by atoms with Gasteiger partial charge >= 0.3 is 24.3 Å². The molecule has 0 aromatic heterocycles. The molecule has 0 amide bonds. The Kier molecular flexibility index (Phi) is 10.00. The summed E-state index contributed by atoms with van der Waals surface area (Å²) in [6.45, 7) is 11.2. The van der Waals surface area contributed by atoms with Gasteiger partial charge in [-0.2, -0.15) is 26.3 Å². The van der Waals surface area contributed by atoms with Crippen molar-refractivity contribution in [1.82, 2.24) is 0 Å². The van der Waals surface area contributed by atoms with Gasteiger partial charge in [0, 0.05) is 6.42 Å². The van der Waals surface area contributed by atoms with Gasteiger partial charge < -0.3 is 14.6 Å². The second-order valence-corrected chi connectivity index (χ2v) is 11.9. The normalized spacial score (nSPS) is 19.4. The first-order valence-corrected chi connectivity index (χ1v) is 12.3. The largest absolute Gasteiger partial charge is 0.462 e. The topological polar surface area (TPSA) is 72.8 Å². The fraction of sp³-hybridized carbons (Fsp3) is 0.920. The third-order valence-electron chi connectivity index (χ3n) is 6.93. The Morgan fingerprint density at radius 1 is 0.861 bits per heavy atom. The molecule has 0 heterocycles. The highest BCUT2D eigenvalue weighted by molar-refractivity contribution is 5.80. The highest BCUT2D eigenvalue weighted by Gasteiger charge is 2.71. The van der Waals surface area contributed by atoms with Crippen LogP contribution < -0.4 is 0 Å². The van der Waals surface area contributed by atoms with E-state index in [2.05, 4.69) is 0 Å². The summed E-state index contributed by atoms with van der Waals surface area (Å²) in [6.07, 6.45) is -13.1. The lowest BCUT2D eigenvalue weighted by Gasteiger charge is -2.40. The van der Waals surface area contributed by atoms with Gasteiger partial charge in [0.15, 0.2) is 0 Å². The van der Waals surface area contributed by atoms with Crippen LogP contribution in [0.3, 0.4) is 0 Å².